The van der Waals surface area contributed by atoms with Crippen LogP contribution in [0.5, 0.6) is 0 Å². The van der Waals surface area contributed by atoms with Crippen molar-refractivity contribution in [3.8, 4) is 0 Å². The summed E-state index contributed by atoms with van der Waals surface area (Å²) in [7, 11) is 0. The molecule has 0 aromatic carbocycles. The Balaban J connectivity index is 0.000000605. The quantitative estimate of drug-likeness (QED) is 0.625. The van der Waals surface area contributed by atoms with Gasteiger partial charge < -0.3 is 4.90 Å². The zero-order valence-corrected chi connectivity index (χ0v) is 8.10. The van der Waals surface area contributed by atoms with Crippen molar-refractivity contribution in [2.45, 2.75) is 0 Å². The van der Waals surface area contributed by atoms with Crippen LogP contribution in [0.15, 0.2) is 20.7 Å². The van der Waals surface area contributed by atoms with Gasteiger partial charge in [0.05, 0.1) is 11.0 Å². The second kappa shape index (κ2) is 3.36. The van der Waals surface area contributed by atoms with Crippen molar-refractivity contribution in [1.82, 2.24) is 4.90 Å². The molecule has 0 aromatic heterocycles. The molecular weight excluding hydrogens is 229 g/mol. The largest absolute Gasteiger partial charge is 0.314 e. The van der Waals surface area contributed by atoms with E-state index in [0.29, 0.717) is 0 Å². The molecule has 2 aliphatic heterocycles. The van der Waals surface area contributed by atoms with Crippen LogP contribution in [-0.2, 0) is 0 Å². The summed E-state index contributed by atoms with van der Waals surface area (Å²) in [6.07, 6.45) is 3.76. The molecule has 3 nitrogen and oxygen atoms in total. The third-order valence-corrected chi connectivity index (χ3v) is 1.84. The lowest BCUT2D eigenvalue weighted by molar-refractivity contribution is 0.604. The smallest absolute Gasteiger partial charge is 0.224 e. The van der Waals surface area contributed by atoms with Crippen LogP contribution >= 0.6 is 28.3 Å². The molecule has 2 rings (SSSR count). The highest BCUT2D eigenvalue weighted by Gasteiger charge is 2.16. The Morgan fingerprint density at radius 3 is 3.18 bits per heavy atom. The summed E-state index contributed by atoms with van der Waals surface area (Å²) in [5.74, 6) is 0.836. The number of rotatable bonds is 0. The Morgan fingerprint density at radius 1 is 1.55 bits per heavy atom. The second-order valence-corrected chi connectivity index (χ2v) is 3.06. The van der Waals surface area contributed by atoms with Crippen molar-refractivity contribution in [3.63, 3.8) is 0 Å². The standard InChI is InChI=1S/C6H6BrN3.ClH/c7-5-3-9-6-8-1-2-10(6)4-5;/h3-4H,1-2H2;1H. The van der Waals surface area contributed by atoms with Crippen LogP contribution in [0.1, 0.15) is 0 Å². The van der Waals surface area contributed by atoms with Crippen molar-refractivity contribution < 1.29 is 0 Å². The third kappa shape index (κ3) is 1.62. The van der Waals surface area contributed by atoms with Gasteiger partial charge in [0.1, 0.15) is 0 Å². The van der Waals surface area contributed by atoms with Gasteiger partial charge in [0.25, 0.3) is 0 Å². The topological polar surface area (TPSA) is 28.0 Å². The number of halogens is 2. The minimum absolute atomic E-state index is 0. The molecule has 2 aliphatic rings. The Hall–Kier alpha value is -0.350. The second-order valence-electron chi connectivity index (χ2n) is 2.15. The monoisotopic (exact) mass is 235 g/mol. The van der Waals surface area contributed by atoms with E-state index in [4.69, 9.17) is 0 Å². The zero-order chi connectivity index (χ0) is 6.97. The van der Waals surface area contributed by atoms with Crippen molar-refractivity contribution >= 4 is 40.5 Å². The average molecular weight is 236 g/mol. The highest BCUT2D eigenvalue weighted by atomic mass is 79.9. The van der Waals surface area contributed by atoms with Gasteiger partial charge in [0.15, 0.2) is 0 Å². The molecule has 0 radical (unpaired) electrons. The van der Waals surface area contributed by atoms with E-state index in [-0.39, 0.29) is 12.4 Å². The van der Waals surface area contributed by atoms with Crippen LogP contribution in [-0.4, -0.2) is 30.2 Å². The number of hydrogen-bond donors (Lipinski definition) is 0. The molecule has 0 atom stereocenters. The van der Waals surface area contributed by atoms with Crippen LogP contribution in [0.4, 0.5) is 0 Å². The van der Waals surface area contributed by atoms with Gasteiger partial charge in [0, 0.05) is 19.0 Å². The molecule has 0 spiro atoms. The van der Waals surface area contributed by atoms with E-state index in [1.807, 2.05) is 11.1 Å². The van der Waals surface area contributed by atoms with Gasteiger partial charge >= 0.3 is 0 Å². The maximum absolute atomic E-state index is 4.17. The fraction of sp³-hybridized carbons (Fsp3) is 0.333. The molecule has 11 heavy (non-hydrogen) atoms. The van der Waals surface area contributed by atoms with Crippen molar-refractivity contribution in [3.05, 3.63) is 10.7 Å². The first-order valence-corrected chi connectivity index (χ1v) is 3.88. The molecule has 0 bridgehead atoms. The molecule has 0 fully saturated rings. The van der Waals surface area contributed by atoms with Gasteiger partial charge in [-0.1, -0.05) is 0 Å². The van der Waals surface area contributed by atoms with Crippen molar-refractivity contribution in [2.75, 3.05) is 13.1 Å². The molecular formula is C6H7BrClN3. The zero-order valence-electron chi connectivity index (χ0n) is 5.70. The van der Waals surface area contributed by atoms with Crippen molar-refractivity contribution in [1.29, 1.82) is 0 Å². The number of fused-ring (bicyclic) bond motifs is 1. The summed E-state index contributed by atoms with van der Waals surface area (Å²) < 4.78 is 1.01. The summed E-state index contributed by atoms with van der Waals surface area (Å²) in [4.78, 5) is 10.3. The normalized spacial score (nSPS) is 20.3. The fourth-order valence-corrected chi connectivity index (χ4v) is 1.34. The number of aliphatic imine (C=N–C) groups is 2. The SMILES string of the molecule is BrC1=CN2CCN=C2N=C1.Cl. The van der Waals surface area contributed by atoms with Crippen LogP contribution in [0.25, 0.3) is 0 Å². The van der Waals surface area contributed by atoms with E-state index in [0.717, 1.165) is 23.5 Å². The summed E-state index contributed by atoms with van der Waals surface area (Å²) in [5.41, 5.74) is 0. The van der Waals surface area contributed by atoms with Crippen LogP contribution in [0, 0.1) is 0 Å². The van der Waals surface area contributed by atoms with Crippen LogP contribution in [0.2, 0.25) is 0 Å². The van der Waals surface area contributed by atoms with Crippen LogP contribution < -0.4 is 0 Å². The van der Waals surface area contributed by atoms with E-state index in [1.165, 1.54) is 0 Å². The highest BCUT2D eigenvalue weighted by Crippen LogP contribution is 2.13. The lowest BCUT2D eigenvalue weighted by atomic mass is 10.5. The maximum atomic E-state index is 4.17. The number of allylic oxidation sites excluding steroid dienone is 1. The van der Waals surface area contributed by atoms with E-state index in [1.54, 1.807) is 6.21 Å². The van der Waals surface area contributed by atoms with Crippen LogP contribution in [0.3, 0.4) is 0 Å². The number of guanidine groups is 1. The molecule has 2 heterocycles. The van der Waals surface area contributed by atoms with Gasteiger partial charge in [-0.15, -0.1) is 12.4 Å². The number of nitrogens with zero attached hydrogens (tertiary/aromatic N) is 3. The molecule has 60 valence electrons. The summed E-state index contributed by atoms with van der Waals surface area (Å²) in [5, 5.41) is 0. The number of hydrogen-bond acceptors (Lipinski definition) is 3. The molecule has 0 saturated heterocycles. The molecule has 0 aliphatic carbocycles. The van der Waals surface area contributed by atoms with E-state index in [9.17, 15) is 0 Å². The molecule has 0 saturated carbocycles. The Labute approximate surface area is 79.4 Å². The predicted octanol–water partition coefficient (Wildman–Crippen LogP) is 1.40. The molecule has 0 unspecified atom stereocenters. The summed E-state index contributed by atoms with van der Waals surface area (Å²) in [6.45, 7) is 1.82. The van der Waals surface area contributed by atoms with E-state index < -0.39 is 0 Å². The summed E-state index contributed by atoms with van der Waals surface area (Å²) in [6, 6.07) is 0. The minimum Gasteiger partial charge on any atom is -0.314 e. The molecule has 5 heteroatoms. The van der Waals surface area contributed by atoms with E-state index >= 15 is 0 Å². The lowest BCUT2D eigenvalue weighted by Gasteiger charge is -2.14. The summed E-state index contributed by atoms with van der Waals surface area (Å²) >= 11 is 3.34. The fourth-order valence-electron chi connectivity index (χ4n) is 0.987. The average Bonchev–Trinajstić information content (AvgIpc) is 2.33. The van der Waals surface area contributed by atoms with Gasteiger partial charge in [-0.3, -0.25) is 0 Å². The van der Waals surface area contributed by atoms with Crippen molar-refractivity contribution in [2.24, 2.45) is 9.98 Å². The molecule has 0 amide bonds. The van der Waals surface area contributed by atoms with Gasteiger partial charge in [-0.05, 0) is 15.9 Å². The Morgan fingerprint density at radius 2 is 2.36 bits per heavy atom. The maximum Gasteiger partial charge on any atom is 0.224 e. The Bertz CT molecular complexity index is 246. The third-order valence-electron chi connectivity index (χ3n) is 1.43. The van der Waals surface area contributed by atoms with E-state index in [2.05, 4.69) is 25.9 Å². The Kier molecular flexibility index (Phi) is 2.67. The first-order chi connectivity index (χ1) is 4.86. The first kappa shape index (κ1) is 8.74. The lowest BCUT2D eigenvalue weighted by Crippen LogP contribution is -2.22. The van der Waals surface area contributed by atoms with Gasteiger partial charge in [-0.2, -0.15) is 0 Å². The predicted molar refractivity (Wildman–Crippen MR) is 51.8 cm³/mol. The molecule has 0 N–H and O–H groups in total. The van der Waals surface area contributed by atoms with Gasteiger partial charge in [-0.25, -0.2) is 9.98 Å². The highest BCUT2D eigenvalue weighted by molar-refractivity contribution is 9.12. The molecule has 0 aromatic rings. The minimum atomic E-state index is 0. The van der Waals surface area contributed by atoms with Gasteiger partial charge in [0.2, 0.25) is 5.96 Å². The first-order valence-electron chi connectivity index (χ1n) is 3.09.